The maximum atomic E-state index is 10.9. The van der Waals surface area contributed by atoms with Gasteiger partial charge in [0, 0.05) is 19.7 Å². The van der Waals surface area contributed by atoms with Crippen LogP contribution in [0, 0.1) is 0 Å². The van der Waals surface area contributed by atoms with Crippen molar-refractivity contribution in [2.75, 3.05) is 26.8 Å². The third kappa shape index (κ3) is 7.50. The number of ether oxygens (including phenoxy) is 1. The van der Waals surface area contributed by atoms with Gasteiger partial charge in [0.05, 0.1) is 6.61 Å². The summed E-state index contributed by atoms with van der Waals surface area (Å²) in [6.45, 7) is 8.57. The lowest BCUT2D eigenvalue weighted by Crippen LogP contribution is -2.44. The van der Waals surface area contributed by atoms with Crippen molar-refractivity contribution in [2.24, 2.45) is 5.73 Å². The molecule has 0 aliphatic rings. The molecule has 114 valence electrons. The Morgan fingerprint density at radius 2 is 2.05 bits per heavy atom. The minimum Gasteiger partial charge on any atom is -0.480 e. The van der Waals surface area contributed by atoms with Gasteiger partial charge in [-0.2, -0.15) is 0 Å². The summed E-state index contributed by atoms with van der Waals surface area (Å²) in [6.07, 6.45) is 3.42. The lowest BCUT2D eigenvalue weighted by Gasteiger charge is -2.28. The largest absolute Gasteiger partial charge is 0.480 e. The smallest absolute Gasteiger partial charge is 0.323 e. The third-order valence-corrected chi connectivity index (χ3v) is 3.68. The number of unbranched alkanes of at least 4 members (excludes halogenated alkanes) is 1. The molecule has 3 N–H and O–H groups in total. The van der Waals surface area contributed by atoms with E-state index < -0.39 is 11.5 Å². The van der Waals surface area contributed by atoms with Gasteiger partial charge in [0.1, 0.15) is 5.54 Å². The highest BCUT2D eigenvalue weighted by molar-refractivity contribution is 5.77. The van der Waals surface area contributed by atoms with Crippen LogP contribution in [0.15, 0.2) is 0 Å². The molecule has 0 saturated carbocycles. The summed E-state index contributed by atoms with van der Waals surface area (Å²) >= 11 is 0. The monoisotopic (exact) mass is 274 g/mol. The lowest BCUT2D eigenvalue weighted by atomic mass is 9.96. The van der Waals surface area contributed by atoms with Gasteiger partial charge in [-0.1, -0.05) is 6.92 Å². The second-order valence-corrected chi connectivity index (χ2v) is 5.47. The van der Waals surface area contributed by atoms with Crippen LogP contribution in [0.25, 0.3) is 0 Å². The predicted octanol–water partition coefficient (Wildman–Crippen LogP) is 1.71. The lowest BCUT2D eigenvalue weighted by molar-refractivity contribution is -0.142. The van der Waals surface area contributed by atoms with Crippen molar-refractivity contribution in [1.82, 2.24) is 4.90 Å². The van der Waals surface area contributed by atoms with E-state index in [1.807, 2.05) is 0 Å². The number of nitrogens with two attached hydrogens (primary N) is 1. The zero-order valence-electron chi connectivity index (χ0n) is 12.8. The van der Waals surface area contributed by atoms with Crippen molar-refractivity contribution >= 4 is 5.97 Å². The van der Waals surface area contributed by atoms with E-state index in [0.717, 1.165) is 39.0 Å². The van der Waals surface area contributed by atoms with E-state index in [-0.39, 0.29) is 0 Å². The van der Waals surface area contributed by atoms with Crippen LogP contribution >= 0.6 is 0 Å². The number of hydrogen-bond acceptors (Lipinski definition) is 4. The molecular weight excluding hydrogens is 244 g/mol. The molecule has 0 bridgehead atoms. The highest BCUT2D eigenvalue weighted by Gasteiger charge is 2.26. The van der Waals surface area contributed by atoms with Gasteiger partial charge in [-0.3, -0.25) is 9.69 Å². The molecular formula is C14H30N2O3. The van der Waals surface area contributed by atoms with Crippen molar-refractivity contribution in [3.8, 4) is 0 Å². The number of nitrogens with zero attached hydrogens (tertiary/aromatic N) is 1. The Kier molecular flexibility index (Phi) is 8.97. The fourth-order valence-electron chi connectivity index (χ4n) is 1.93. The summed E-state index contributed by atoms with van der Waals surface area (Å²) in [5.74, 6) is -0.925. The molecule has 0 aromatic heterocycles. The fraction of sp³-hybridized carbons (Fsp3) is 0.929. The Labute approximate surface area is 117 Å². The number of carboxylic acid groups (broad SMARTS) is 1. The average molecular weight is 274 g/mol. The van der Waals surface area contributed by atoms with Crippen LogP contribution in [0.5, 0.6) is 0 Å². The summed E-state index contributed by atoms with van der Waals surface area (Å²) in [4.78, 5) is 13.3. The fourth-order valence-corrected chi connectivity index (χ4v) is 1.93. The topological polar surface area (TPSA) is 75.8 Å². The highest BCUT2D eigenvalue weighted by atomic mass is 16.5. The van der Waals surface area contributed by atoms with Gasteiger partial charge in [-0.15, -0.1) is 0 Å². The molecule has 5 heteroatoms. The number of carbonyl (C=O) groups is 1. The van der Waals surface area contributed by atoms with Crippen LogP contribution in [0.4, 0.5) is 0 Å². The number of methoxy groups -OCH3 is 1. The standard InChI is InChI=1S/C14H30N2O3/c1-5-12(2)16(10-11-19-4)9-7-6-8-14(3,15)13(17)18/h12H,5-11,15H2,1-4H3,(H,17,18). The first-order valence-corrected chi connectivity index (χ1v) is 7.10. The second kappa shape index (κ2) is 9.28. The van der Waals surface area contributed by atoms with E-state index in [1.54, 1.807) is 14.0 Å². The molecule has 0 aliphatic carbocycles. The van der Waals surface area contributed by atoms with Crippen LogP contribution in [0.1, 0.15) is 46.5 Å². The molecule has 0 rings (SSSR count). The molecule has 0 radical (unpaired) electrons. The molecule has 0 heterocycles. The van der Waals surface area contributed by atoms with Gasteiger partial charge < -0.3 is 15.6 Å². The number of aliphatic carboxylic acids is 1. The SMILES string of the molecule is CCC(C)N(CCCCC(C)(N)C(=O)O)CCOC. The van der Waals surface area contributed by atoms with Crippen molar-refractivity contribution in [1.29, 1.82) is 0 Å². The molecule has 0 spiro atoms. The Hall–Kier alpha value is -0.650. The molecule has 5 nitrogen and oxygen atoms in total. The van der Waals surface area contributed by atoms with Gasteiger partial charge in [-0.25, -0.2) is 0 Å². The molecule has 0 aliphatic heterocycles. The maximum Gasteiger partial charge on any atom is 0.323 e. The molecule has 0 fully saturated rings. The zero-order valence-corrected chi connectivity index (χ0v) is 12.8. The summed E-state index contributed by atoms with van der Waals surface area (Å²) in [6, 6.07) is 0.527. The van der Waals surface area contributed by atoms with E-state index >= 15 is 0 Å². The first-order valence-electron chi connectivity index (χ1n) is 7.10. The van der Waals surface area contributed by atoms with E-state index in [1.165, 1.54) is 0 Å². The Morgan fingerprint density at radius 3 is 2.53 bits per heavy atom. The van der Waals surface area contributed by atoms with Crippen LogP contribution in [-0.2, 0) is 9.53 Å². The highest BCUT2D eigenvalue weighted by Crippen LogP contribution is 2.12. The molecule has 0 aromatic rings. The second-order valence-electron chi connectivity index (χ2n) is 5.47. The third-order valence-electron chi connectivity index (χ3n) is 3.68. The molecule has 0 saturated heterocycles. The summed E-state index contributed by atoms with van der Waals surface area (Å²) in [5.41, 5.74) is 4.61. The first-order chi connectivity index (χ1) is 8.85. The summed E-state index contributed by atoms with van der Waals surface area (Å²) in [5, 5.41) is 8.94. The molecule has 0 amide bonds. The van der Waals surface area contributed by atoms with Gasteiger partial charge in [-0.05, 0) is 46.1 Å². The maximum absolute atomic E-state index is 10.9. The predicted molar refractivity (Wildman–Crippen MR) is 77.3 cm³/mol. The molecule has 0 aromatic carbocycles. The van der Waals surface area contributed by atoms with Gasteiger partial charge >= 0.3 is 5.97 Å². The van der Waals surface area contributed by atoms with Crippen LogP contribution in [-0.4, -0.2) is 54.4 Å². The van der Waals surface area contributed by atoms with E-state index in [9.17, 15) is 4.79 Å². The quantitative estimate of drug-likeness (QED) is 0.561. The minimum absolute atomic E-state index is 0.515. The Bertz CT molecular complexity index is 257. The normalized spacial score (nSPS) is 16.3. The Morgan fingerprint density at radius 1 is 1.42 bits per heavy atom. The van der Waals surface area contributed by atoms with Crippen LogP contribution in [0.3, 0.4) is 0 Å². The number of hydrogen-bond donors (Lipinski definition) is 2. The first kappa shape index (κ1) is 18.4. The van der Waals surface area contributed by atoms with E-state index in [2.05, 4.69) is 18.7 Å². The van der Waals surface area contributed by atoms with Crippen molar-refractivity contribution in [3.63, 3.8) is 0 Å². The van der Waals surface area contributed by atoms with E-state index in [0.29, 0.717) is 12.5 Å². The molecule has 2 atom stereocenters. The van der Waals surface area contributed by atoms with Gasteiger partial charge in [0.25, 0.3) is 0 Å². The average Bonchev–Trinajstić information content (AvgIpc) is 2.36. The van der Waals surface area contributed by atoms with Gasteiger partial charge in [0.15, 0.2) is 0 Å². The number of rotatable bonds is 11. The van der Waals surface area contributed by atoms with E-state index in [4.69, 9.17) is 15.6 Å². The molecule has 19 heavy (non-hydrogen) atoms. The van der Waals surface area contributed by atoms with Crippen molar-refractivity contribution < 1.29 is 14.6 Å². The van der Waals surface area contributed by atoms with Gasteiger partial charge in [0.2, 0.25) is 0 Å². The zero-order chi connectivity index (χ0) is 14.9. The summed E-state index contributed by atoms with van der Waals surface area (Å²) in [7, 11) is 1.71. The minimum atomic E-state index is -1.10. The van der Waals surface area contributed by atoms with Crippen LogP contribution < -0.4 is 5.73 Å². The summed E-state index contributed by atoms with van der Waals surface area (Å²) < 4.78 is 5.12. The van der Waals surface area contributed by atoms with Crippen molar-refractivity contribution in [2.45, 2.75) is 58.0 Å². The van der Waals surface area contributed by atoms with Crippen LogP contribution in [0.2, 0.25) is 0 Å². The van der Waals surface area contributed by atoms with Crippen molar-refractivity contribution in [3.05, 3.63) is 0 Å². The molecule has 2 unspecified atom stereocenters. The Balaban J connectivity index is 4.02. The number of carboxylic acids is 1.